The summed E-state index contributed by atoms with van der Waals surface area (Å²) < 4.78 is 6.19. The van der Waals surface area contributed by atoms with Crippen LogP contribution in [0.3, 0.4) is 0 Å². The number of phenolic OH excluding ortho intramolecular Hbond substituents is 1. The topological polar surface area (TPSA) is 116 Å². The number of benzene rings is 4. The van der Waals surface area contributed by atoms with Gasteiger partial charge in [0, 0.05) is 16.0 Å². The number of fused-ring (bicyclic) bond motifs is 4. The molecule has 2 saturated heterocycles. The van der Waals surface area contributed by atoms with Crippen LogP contribution < -0.4 is 15.1 Å². The van der Waals surface area contributed by atoms with Crippen LogP contribution in [0, 0.1) is 30.6 Å². The second-order valence-corrected chi connectivity index (χ2v) is 14.4. The van der Waals surface area contributed by atoms with Crippen molar-refractivity contribution >= 4 is 50.9 Å². The van der Waals surface area contributed by atoms with Gasteiger partial charge in [-0.05, 0) is 67.6 Å². The molecule has 0 aromatic heterocycles. The van der Waals surface area contributed by atoms with Crippen molar-refractivity contribution in [2.75, 3.05) is 17.4 Å². The van der Waals surface area contributed by atoms with E-state index in [4.69, 9.17) is 4.74 Å². The van der Waals surface area contributed by atoms with Crippen LogP contribution in [0.4, 0.5) is 11.4 Å². The highest BCUT2D eigenvalue weighted by Gasteiger charge is 2.70. The van der Waals surface area contributed by atoms with Crippen LogP contribution in [0.15, 0.2) is 113 Å². The van der Waals surface area contributed by atoms with E-state index >= 15 is 4.79 Å². The van der Waals surface area contributed by atoms with Gasteiger partial charge in [-0.25, -0.2) is 0 Å². The van der Waals surface area contributed by atoms with Crippen LogP contribution in [0.2, 0.25) is 0 Å². The molecule has 4 amide bonds. The van der Waals surface area contributed by atoms with Crippen molar-refractivity contribution in [3.63, 3.8) is 0 Å². The van der Waals surface area contributed by atoms with Crippen LogP contribution in [0.1, 0.15) is 35.4 Å². The van der Waals surface area contributed by atoms with Crippen LogP contribution in [0.5, 0.6) is 11.5 Å². The van der Waals surface area contributed by atoms with Crippen molar-refractivity contribution in [3.8, 4) is 11.5 Å². The van der Waals surface area contributed by atoms with E-state index in [1.54, 1.807) is 36.4 Å². The first-order chi connectivity index (χ1) is 24.2. The second-order valence-electron chi connectivity index (χ2n) is 13.5. The first kappa shape index (κ1) is 32.0. The third kappa shape index (κ3) is 4.57. The van der Waals surface area contributed by atoms with Gasteiger partial charge in [-0.15, -0.1) is 0 Å². The summed E-state index contributed by atoms with van der Waals surface area (Å²) in [5.74, 6) is -5.26. The van der Waals surface area contributed by atoms with E-state index in [1.165, 1.54) is 12.0 Å². The standard InChI is InChI=1S/C40H34BrN3O6/c1-22-13-15-25(16-14-22)42-44-37(47)31-21-29-27(17-18-28-33(29)38(48)43(36(28)46)26-11-7-4-8-12-26)34(30-19-24(41)20-32(50-2)35(30)45)40(31,39(44)49)23-9-5-3-6-10-23/h3-17,19-20,28-29,31,33-34,42,45H,18,21H2,1-2H3. The van der Waals surface area contributed by atoms with Gasteiger partial charge < -0.3 is 9.84 Å². The first-order valence-corrected chi connectivity index (χ1v) is 17.4. The van der Waals surface area contributed by atoms with E-state index in [1.807, 2.05) is 73.7 Å². The van der Waals surface area contributed by atoms with Gasteiger partial charge in [-0.1, -0.05) is 93.8 Å². The summed E-state index contributed by atoms with van der Waals surface area (Å²) in [7, 11) is 1.45. The molecule has 6 unspecified atom stereocenters. The molecule has 2 aliphatic heterocycles. The molecule has 0 bridgehead atoms. The number of carbonyl (C=O) groups is 4. The number of halogens is 1. The molecule has 0 radical (unpaired) electrons. The summed E-state index contributed by atoms with van der Waals surface area (Å²) in [6.45, 7) is 1.95. The highest BCUT2D eigenvalue weighted by atomic mass is 79.9. The summed E-state index contributed by atoms with van der Waals surface area (Å²) in [5, 5.41) is 13.0. The molecule has 2 N–H and O–H groups in total. The van der Waals surface area contributed by atoms with E-state index in [0.29, 0.717) is 27.0 Å². The molecular formula is C40H34BrN3O6. The zero-order valence-electron chi connectivity index (χ0n) is 27.4. The quantitative estimate of drug-likeness (QED) is 0.168. The molecule has 4 aromatic carbocycles. The SMILES string of the molecule is COc1cc(Br)cc(C2C3=CCC4C(=O)N(c5ccccc5)C(=O)C4C3CC3C(=O)N(Nc4ccc(C)cc4)C(=O)C32c2ccccc2)c1O. The molecule has 10 heteroatoms. The number of amides is 4. The van der Waals surface area contributed by atoms with E-state index in [9.17, 15) is 19.5 Å². The summed E-state index contributed by atoms with van der Waals surface area (Å²) in [6.07, 6.45) is 2.40. The molecule has 3 fully saturated rings. The zero-order chi connectivity index (χ0) is 34.9. The van der Waals surface area contributed by atoms with Crippen molar-refractivity contribution < 1.29 is 29.0 Å². The molecule has 8 rings (SSSR count). The molecule has 6 atom stereocenters. The fraction of sp³-hybridized carbons (Fsp3) is 0.250. The maximum Gasteiger partial charge on any atom is 0.260 e. The lowest BCUT2D eigenvalue weighted by atomic mass is 9.49. The average Bonchev–Trinajstić information content (AvgIpc) is 3.51. The number of para-hydroxylation sites is 1. The van der Waals surface area contributed by atoms with Crippen LogP contribution in [-0.4, -0.2) is 40.9 Å². The molecule has 50 heavy (non-hydrogen) atoms. The summed E-state index contributed by atoms with van der Waals surface area (Å²) in [6, 6.07) is 28.9. The minimum Gasteiger partial charge on any atom is -0.504 e. The number of methoxy groups -OCH3 is 1. The molecule has 1 saturated carbocycles. The number of imide groups is 2. The number of ether oxygens (including phenoxy) is 1. The summed E-state index contributed by atoms with van der Waals surface area (Å²) >= 11 is 3.58. The Balaban J connectivity index is 1.36. The Bertz CT molecular complexity index is 2090. The fourth-order valence-corrected chi connectivity index (χ4v) is 9.35. The summed E-state index contributed by atoms with van der Waals surface area (Å²) in [5.41, 5.74) is 5.41. The number of rotatable bonds is 6. The van der Waals surface area contributed by atoms with Gasteiger partial charge in [-0.3, -0.25) is 29.5 Å². The van der Waals surface area contributed by atoms with Crippen molar-refractivity contribution in [1.29, 1.82) is 0 Å². The van der Waals surface area contributed by atoms with Gasteiger partial charge in [0.2, 0.25) is 11.8 Å². The molecule has 4 aromatic rings. The van der Waals surface area contributed by atoms with E-state index in [-0.39, 0.29) is 36.2 Å². The highest BCUT2D eigenvalue weighted by molar-refractivity contribution is 9.10. The Hall–Kier alpha value is -5.22. The molecule has 252 valence electrons. The number of allylic oxidation sites excluding steroid dienone is 2. The van der Waals surface area contributed by atoms with Crippen LogP contribution >= 0.6 is 15.9 Å². The Morgan fingerprint density at radius 2 is 1.54 bits per heavy atom. The van der Waals surface area contributed by atoms with Gasteiger partial charge in [-0.2, -0.15) is 5.01 Å². The number of hydrogen-bond donors (Lipinski definition) is 2. The monoisotopic (exact) mass is 731 g/mol. The Morgan fingerprint density at radius 3 is 2.22 bits per heavy atom. The molecular weight excluding hydrogens is 698 g/mol. The number of carbonyl (C=O) groups excluding carboxylic acids is 4. The lowest BCUT2D eigenvalue weighted by molar-refractivity contribution is -0.138. The summed E-state index contributed by atoms with van der Waals surface area (Å²) in [4.78, 5) is 59.7. The highest BCUT2D eigenvalue weighted by Crippen LogP contribution is 2.65. The molecule has 2 heterocycles. The normalized spacial score (nSPS) is 27.1. The van der Waals surface area contributed by atoms with Gasteiger partial charge in [0.25, 0.3) is 11.8 Å². The van der Waals surface area contributed by atoms with Gasteiger partial charge in [0.15, 0.2) is 11.5 Å². The van der Waals surface area contributed by atoms with Crippen molar-refractivity contribution in [3.05, 3.63) is 130 Å². The number of phenols is 1. The number of aryl methyl sites for hydroxylation is 1. The van der Waals surface area contributed by atoms with Crippen LogP contribution in [0.25, 0.3) is 0 Å². The van der Waals surface area contributed by atoms with Crippen molar-refractivity contribution in [2.24, 2.45) is 23.7 Å². The average molecular weight is 733 g/mol. The Morgan fingerprint density at radius 1 is 0.860 bits per heavy atom. The largest absolute Gasteiger partial charge is 0.504 e. The lowest BCUT2D eigenvalue weighted by Gasteiger charge is -2.50. The molecule has 9 nitrogen and oxygen atoms in total. The first-order valence-electron chi connectivity index (χ1n) is 16.6. The predicted octanol–water partition coefficient (Wildman–Crippen LogP) is 6.66. The number of nitrogens with zero attached hydrogens (tertiary/aromatic N) is 2. The van der Waals surface area contributed by atoms with E-state index in [0.717, 1.165) is 16.1 Å². The Labute approximate surface area is 297 Å². The zero-order valence-corrected chi connectivity index (χ0v) is 29.0. The van der Waals surface area contributed by atoms with Crippen molar-refractivity contribution in [2.45, 2.75) is 31.1 Å². The number of nitrogens with one attached hydrogen (secondary N) is 1. The lowest BCUT2D eigenvalue weighted by Crippen LogP contribution is -2.53. The van der Waals surface area contributed by atoms with E-state index < -0.39 is 46.8 Å². The minimum atomic E-state index is -1.51. The van der Waals surface area contributed by atoms with Crippen molar-refractivity contribution in [1.82, 2.24) is 5.01 Å². The molecule has 4 aliphatic rings. The molecule has 0 spiro atoms. The number of hydrogen-bond acceptors (Lipinski definition) is 7. The van der Waals surface area contributed by atoms with Gasteiger partial charge >= 0.3 is 0 Å². The fourth-order valence-electron chi connectivity index (χ4n) is 8.89. The Kier molecular flexibility index (Phi) is 7.67. The molecule has 2 aliphatic carbocycles. The maximum absolute atomic E-state index is 15.3. The van der Waals surface area contributed by atoms with E-state index in [2.05, 4.69) is 21.4 Å². The third-order valence-corrected chi connectivity index (χ3v) is 11.5. The van der Waals surface area contributed by atoms with Crippen LogP contribution in [-0.2, 0) is 24.6 Å². The maximum atomic E-state index is 15.3. The predicted molar refractivity (Wildman–Crippen MR) is 190 cm³/mol. The van der Waals surface area contributed by atoms with Gasteiger partial charge in [0.05, 0.1) is 41.7 Å². The smallest absolute Gasteiger partial charge is 0.260 e. The minimum absolute atomic E-state index is 0.155. The van der Waals surface area contributed by atoms with Gasteiger partial charge in [0.1, 0.15) is 0 Å². The second kappa shape index (κ2) is 12.0. The number of hydrazine groups is 1. The third-order valence-electron chi connectivity index (χ3n) is 11.0. The number of anilines is 2. The number of aromatic hydroxyl groups is 1.